The predicted octanol–water partition coefficient (Wildman–Crippen LogP) is 1.05. The average Bonchev–Trinajstić information content (AvgIpc) is 2.51. The summed E-state index contributed by atoms with van der Waals surface area (Å²) in [4.78, 5) is 0. The van der Waals surface area contributed by atoms with Gasteiger partial charge in [-0.2, -0.15) is 0 Å². The van der Waals surface area contributed by atoms with Crippen LogP contribution in [0.1, 0.15) is 20.3 Å². The summed E-state index contributed by atoms with van der Waals surface area (Å²) in [7, 11) is -3.16. The third kappa shape index (κ3) is 4.26. The van der Waals surface area contributed by atoms with Gasteiger partial charge in [0.2, 0.25) is 10.0 Å². The summed E-state index contributed by atoms with van der Waals surface area (Å²) in [6.07, 6.45) is 0.811. The van der Waals surface area contributed by atoms with Crippen LogP contribution in [0.4, 0.5) is 0 Å². The van der Waals surface area contributed by atoms with Crippen molar-refractivity contribution in [3.63, 3.8) is 0 Å². The number of alkyl halides is 1. The smallest absolute Gasteiger partial charge is 0.216 e. The summed E-state index contributed by atoms with van der Waals surface area (Å²) in [5, 5.41) is -0.0363. The molecule has 0 aromatic carbocycles. The third-order valence-electron chi connectivity index (χ3n) is 2.28. The zero-order valence-corrected chi connectivity index (χ0v) is 10.7. The lowest BCUT2D eigenvalue weighted by Crippen LogP contribution is -2.33. The van der Waals surface area contributed by atoms with Crippen LogP contribution in [0.5, 0.6) is 0 Å². The number of halogens is 1. The van der Waals surface area contributed by atoms with Crippen molar-refractivity contribution >= 4 is 21.6 Å². The van der Waals surface area contributed by atoms with Gasteiger partial charge in [0.25, 0.3) is 0 Å². The van der Waals surface area contributed by atoms with Crippen LogP contribution in [0.3, 0.4) is 0 Å². The molecular formula is C9H18ClNO3S. The molecule has 1 aliphatic heterocycles. The highest BCUT2D eigenvalue weighted by atomic mass is 35.5. The van der Waals surface area contributed by atoms with Crippen LogP contribution in [-0.2, 0) is 14.8 Å². The lowest BCUT2D eigenvalue weighted by Gasteiger charge is -2.16. The van der Waals surface area contributed by atoms with E-state index in [4.69, 9.17) is 16.3 Å². The van der Waals surface area contributed by atoms with Gasteiger partial charge in [-0.1, -0.05) is 0 Å². The molecule has 0 amide bonds. The second-order valence-corrected chi connectivity index (χ2v) is 6.69. The molecular weight excluding hydrogens is 238 g/mol. The summed E-state index contributed by atoms with van der Waals surface area (Å²) in [5.41, 5.74) is 0. The summed E-state index contributed by atoms with van der Waals surface area (Å²) >= 11 is 5.86. The zero-order valence-electron chi connectivity index (χ0n) is 9.15. The van der Waals surface area contributed by atoms with Gasteiger partial charge < -0.3 is 4.74 Å². The Morgan fingerprint density at radius 2 is 2.20 bits per heavy atom. The van der Waals surface area contributed by atoms with Crippen molar-refractivity contribution in [3.05, 3.63) is 0 Å². The molecule has 0 aliphatic carbocycles. The van der Waals surface area contributed by atoms with Gasteiger partial charge in [-0.3, -0.25) is 0 Å². The van der Waals surface area contributed by atoms with Crippen molar-refractivity contribution in [1.29, 1.82) is 0 Å². The van der Waals surface area contributed by atoms with E-state index in [1.54, 1.807) is 0 Å². The van der Waals surface area contributed by atoms with Crippen molar-refractivity contribution in [1.82, 2.24) is 4.31 Å². The monoisotopic (exact) mass is 255 g/mol. The van der Waals surface area contributed by atoms with E-state index in [9.17, 15) is 8.42 Å². The maximum atomic E-state index is 11.7. The van der Waals surface area contributed by atoms with Gasteiger partial charge in [-0.25, -0.2) is 12.7 Å². The zero-order chi connectivity index (χ0) is 11.5. The van der Waals surface area contributed by atoms with Gasteiger partial charge in [-0.15, -0.1) is 11.6 Å². The van der Waals surface area contributed by atoms with E-state index in [1.165, 1.54) is 4.31 Å². The Kier molecular flexibility index (Phi) is 4.83. The number of hydrogen-bond donors (Lipinski definition) is 0. The van der Waals surface area contributed by atoms with Crippen LogP contribution in [0, 0.1) is 0 Å². The van der Waals surface area contributed by atoms with E-state index in [1.807, 2.05) is 13.8 Å². The fourth-order valence-electron chi connectivity index (χ4n) is 1.46. The molecule has 1 atom stereocenters. The topological polar surface area (TPSA) is 46.6 Å². The number of rotatable bonds is 5. The molecule has 1 saturated heterocycles. The fraction of sp³-hybridized carbons (Fsp3) is 1.00. The highest BCUT2D eigenvalue weighted by Gasteiger charge is 2.29. The Bertz CT molecular complexity index is 292. The summed E-state index contributed by atoms with van der Waals surface area (Å²) < 4.78 is 30.2. The van der Waals surface area contributed by atoms with Crippen LogP contribution in [0.2, 0.25) is 0 Å². The van der Waals surface area contributed by atoms with Gasteiger partial charge in [0.15, 0.2) is 0 Å². The normalized spacial score (nSPS) is 23.9. The van der Waals surface area contributed by atoms with Crippen LogP contribution < -0.4 is 0 Å². The van der Waals surface area contributed by atoms with Crippen LogP contribution >= 0.6 is 11.6 Å². The number of hydrogen-bond acceptors (Lipinski definition) is 3. The second-order valence-electron chi connectivity index (χ2n) is 3.98. The van der Waals surface area contributed by atoms with Gasteiger partial charge in [0, 0.05) is 18.5 Å². The lowest BCUT2D eigenvalue weighted by atomic mass is 10.4. The first kappa shape index (κ1) is 13.2. The molecule has 0 aromatic rings. The molecule has 1 heterocycles. The number of nitrogens with zero attached hydrogens (tertiary/aromatic N) is 1. The van der Waals surface area contributed by atoms with E-state index in [0.29, 0.717) is 13.1 Å². The SMILES string of the molecule is CC(C)OCCS(=O)(=O)N1CCC(Cl)C1. The minimum Gasteiger partial charge on any atom is -0.378 e. The summed E-state index contributed by atoms with van der Waals surface area (Å²) in [5.74, 6) is 0.0504. The van der Waals surface area contributed by atoms with Crippen molar-refractivity contribution in [2.24, 2.45) is 0 Å². The fourth-order valence-corrected chi connectivity index (χ4v) is 3.16. The Labute approximate surface area is 96.6 Å². The Morgan fingerprint density at radius 3 is 2.67 bits per heavy atom. The molecule has 1 rings (SSSR count). The molecule has 4 nitrogen and oxygen atoms in total. The summed E-state index contributed by atoms with van der Waals surface area (Å²) in [6, 6.07) is 0. The minimum atomic E-state index is -3.16. The Morgan fingerprint density at radius 1 is 1.53 bits per heavy atom. The van der Waals surface area contributed by atoms with E-state index < -0.39 is 10.0 Å². The van der Waals surface area contributed by atoms with Crippen molar-refractivity contribution in [3.8, 4) is 0 Å². The Hall–Kier alpha value is 0.160. The van der Waals surface area contributed by atoms with Crippen molar-refractivity contribution < 1.29 is 13.2 Å². The Balaban J connectivity index is 2.38. The van der Waals surface area contributed by atoms with E-state index >= 15 is 0 Å². The highest BCUT2D eigenvalue weighted by Crippen LogP contribution is 2.18. The molecule has 15 heavy (non-hydrogen) atoms. The first-order chi connectivity index (χ1) is 6.92. The van der Waals surface area contributed by atoms with Crippen LogP contribution in [0.15, 0.2) is 0 Å². The molecule has 1 fully saturated rings. The quantitative estimate of drug-likeness (QED) is 0.690. The minimum absolute atomic E-state index is 0.0363. The molecule has 6 heteroatoms. The van der Waals surface area contributed by atoms with Gasteiger partial charge in [0.1, 0.15) is 0 Å². The molecule has 1 unspecified atom stereocenters. The van der Waals surface area contributed by atoms with Gasteiger partial charge in [-0.05, 0) is 20.3 Å². The maximum absolute atomic E-state index is 11.7. The molecule has 0 N–H and O–H groups in total. The highest BCUT2D eigenvalue weighted by molar-refractivity contribution is 7.89. The second kappa shape index (κ2) is 5.48. The average molecular weight is 256 g/mol. The van der Waals surface area contributed by atoms with E-state index in [-0.39, 0.29) is 23.8 Å². The molecule has 1 aliphatic rings. The molecule has 0 bridgehead atoms. The van der Waals surface area contributed by atoms with Crippen molar-refractivity contribution in [2.75, 3.05) is 25.4 Å². The molecule has 0 saturated carbocycles. The lowest BCUT2D eigenvalue weighted by molar-refractivity contribution is 0.0908. The first-order valence-electron chi connectivity index (χ1n) is 5.15. The van der Waals surface area contributed by atoms with Gasteiger partial charge >= 0.3 is 0 Å². The molecule has 0 aromatic heterocycles. The van der Waals surface area contributed by atoms with E-state index in [2.05, 4.69) is 0 Å². The molecule has 90 valence electrons. The first-order valence-corrected chi connectivity index (χ1v) is 7.20. The van der Waals surface area contributed by atoms with Crippen molar-refractivity contribution in [2.45, 2.75) is 31.7 Å². The standard InChI is InChI=1S/C9H18ClNO3S/c1-8(2)14-5-6-15(12,13)11-4-3-9(10)7-11/h8-9H,3-7H2,1-2H3. The molecule has 0 spiro atoms. The van der Waals surface area contributed by atoms with Crippen LogP contribution in [-0.4, -0.2) is 49.7 Å². The number of ether oxygens (including phenoxy) is 1. The largest absolute Gasteiger partial charge is 0.378 e. The van der Waals surface area contributed by atoms with Gasteiger partial charge in [0.05, 0.1) is 18.5 Å². The summed E-state index contributed by atoms with van der Waals surface area (Å²) in [6.45, 7) is 5.00. The predicted molar refractivity (Wildman–Crippen MR) is 60.7 cm³/mol. The molecule has 0 radical (unpaired) electrons. The van der Waals surface area contributed by atoms with Crippen LogP contribution in [0.25, 0.3) is 0 Å². The van der Waals surface area contributed by atoms with E-state index in [0.717, 1.165) is 6.42 Å². The third-order valence-corrected chi connectivity index (χ3v) is 4.44. The number of sulfonamides is 1. The maximum Gasteiger partial charge on any atom is 0.216 e.